The molecule has 0 bridgehead atoms. The number of hydrogen-bond acceptors (Lipinski definition) is 5. The molecule has 0 amide bonds. The maximum Gasteiger partial charge on any atom is 0.160 e. The van der Waals surface area contributed by atoms with Crippen LogP contribution in [-0.4, -0.2) is 24.9 Å². The Morgan fingerprint density at radius 1 is 0.328 bits per heavy atom. The van der Waals surface area contributed by atoms with Crippen molar-refractivity contribution in [1.82, 2.24) is 24.9 Å². The predicted octanol–water partition coefficient (Wildman–Crippen LogP) is 14.1. The predicted molar refractivity (Wildman–Crippen MR) is 251 cm³/mol. The molecule has 0 saturated heterocycles. The van der Waals surface area contributed by atoms with Crippen molar-refractivity contribution >= 4 is 32.6 Å². The van der Waals surface area contributed by atoms with E-state index in [1.807, 2.05) is 37.5 Å². The van der Waals surface area contributed by atoms with Crippen molar-refractivity contribution in [2.75, 3.05) is 0 Å². The molecule has 11 aromatic rings. The lowest BCUT2D eigenvalue weighted by molar-refractivity contribution is 1.18. The second-order valence-corrected chi connectivity index (χ2v) is 15.4. The Balaban J connectivity index is 1.02. The number of rotatable bonds is 7. The highest BCUT2D eigenvalue weighted by molar-refractivity contribution is 6.09. The summed E-state index contributed by atoms with van der Waals surface area (Å²) < 4.78 is 0. The van der Waals surface area contributed by atoms with E-state index < -0.39 is 0 Å². The standard InChI is InChI=1S/C56H37N5/c1-36-24-25-39-26-27-49-50(37-12-4-2-5-13-37)33-51(59-55(49)54(39)58-36)43-19-8-16-40(30-43)41-17-9-21-45(31-41)56-60-52(38-14-6-3-7-15-38)34-53(61-56)44-20-10-18-42(32-44)47-23-11-22-46-35-57-29-28-48(46)47/h2-35H,1H3. The summed E-state index contributed by atoms with van der Waals surface area (Å²) in [6, 6.07) is 67.9. The highest BCUT2D eigenvalue weighted by atomic mass is 14.9. The monoisotopic (exact) mass is 779 g/mol. The Bertz CT molecular complexity index is 3430. The van der Waals surface area contributed by atoms with Crippen molar-refractivity contribution in [2.45, 2.75) is 6.92 Å². The molecule has 0 atom stereocenters. The van der Waals surface area contributed by atoms with E-state index >= 15 is 0 Å². The van der Waals surface area contributed by atoms with Gasteiger partial charge in [-0.25, -0.2) is 15.0 Å². The minimum absolute atomic E-state index is 0.661. The lowest BCUT2D eigenvalue weighted by Gasteiger charge is -2.14. The van der Waals surface area contributed by atoms with E-state index in [1.54, 1.807) is 0 Å². The van der Waals surface area contributed by atoms with Gasteiger partial charge in [0.25, 0.3) is 0 Å². The zero-order chi connectivity index (χ0) is 40.7. The first kappa shape index (κ1) is 36.0. The summed E-state index contributed by atoms with van der Waals surface area (Å²) >= 11 is 0. The van der Waals surface area contributed by atoms with Crippen LogP contribution in [0.5, 0.6) is 0 Å². The second-order valence-electron chi connectivity index (χ2n) is 15.4. The van der Waals surface area contributed by atoms with Gasteiger partial charge in [-0.2, -0.15) is 0 Å². The van der Waals surface area contributed by atoms with E-state index in [4.69, 9.17) is 19.9 Å². The Morgan fingerprint density at radius 3 is 1.69 bits per heavy atom. The van der Waals surface area contributed by atoms with Gasteiger partial charge in [-0.1, -0.05) is 152 Å². The number of nitrogens with zero attached hydrogens (tertiary/aromatic N) is 5. The fraction of sp³-hybridized carbons (Fsp3) is 0.0179. The lowest BCUT2D eigenvalue weighted by atomic mass is 9.95. The van der Waals surface area contributed by atoms with Crippen LogP contribution in [0, 0.1) is 6.92 Å². The van der Waals surface area contributed by atoms with E-state index in [0.29, 0.717) is 5.82 Å². The summed E-state index contributed by atoms with van der Waals surface area (Å²) in [6.45, 7) is 2.03. The highest BCUT2D eigenvalue weighted by Crippen LogP contribution is 2.38. The first-order chi connectivity index (χ1) is 30.1. The van der Waals surface area contributed by atoms with Gasteiger partial charge in [-0.05, 0) is 88.2 Å². The van der Waals surface area contributed by atoms with Crippen molar-refractivity contribution in [3.63, 3.8) is 0 Å². The van der Waals surface area contributed by atoms with E-state index in [0.717, 1.165) is 111 Å². The first-order valence-corrected chi connectivity index (χ1v) is 20.5. The van der Waals surface area contributed by atoms with E-state index in [2.05, 4.69) is 181 Å². The van der Waals surface area contributed by atoms with Crippen molar-refractivity contribution < 1.29 is 0 Å². The van der Waals surface area contributed by atoms with Gasteiger partial charge < -0.3 is 0 Å². The molecule has 61 heavy (non-hydrogen) atoms. The van der Waals surface area contributed by atoms with Gasteiger partial charge >= 0.3 is 0 Å². The zero-order valence-electron chi connectivity index (χ0n) is 33.4. The fourth-order valence-electron chi connectivity index (χ4n) is 8.37. The molecule has 4 heterocycles. The van der Waals surface area contributed by atoms with Gasteiger partial charge in [-0.3, -0.25) is 9.97 Å². The van der Waals surface area contributed by atoms with Crippen LogP contribution in [0.1, 0.15) is 5.69 Å². The van der Waals surface area contributed by atoms with Gasteiger partial charge in [0.1, 0.15) is 0 Å². The SMILES string of the molecule is Cc1ccc2ccc3c(-c4ccccc4)cc(-c4cccc(-c5cccc(-c6nc(-c7ccccc7)cc(-c7cccc(-c8cccc9cnccc89)c7)n6)c5)c4)nc3c2n1. The molecule has 5 heteroatoms. The first-order valence-electron chi connectivity index (χ1n) is 20.5. The summed E-state index contributed by atoms with van der Waals surface area (Å²) in [5.74, 6) is 0.661. The van der Waals surface area contributed by atoms with Crippen LogP contribution in [0.25, 0.3) is 111 Å². The molecule has 0 saturated carbocycles. The molecule has 0 spiro atoms. The minimum Gasteiger partial charge on any atom is -0.264 e. The zero-order valence-corrected chi connectivity index (χ0v) is 33.4. The molecule has 286 valence electrons. The highest BCUT2D eigenvalue weighted by Gasteiger charge is 2.16. The second kappa shape index (κ2) is 15.2. The molecule has 0 aliphatic heterocycles. The number of pyridine rings is 3. The Morgan fingerprint density at radius 2 is 0.918 bits per heavy atom. The molecule has 0 fully saturated rings. The number of aromatic nitrogens is 5. The number of benzene rings is 7. The van der Waals surface area contributed by atoms with Crippen LogP contribution in [0.3, 0.4) is 0 Å². The Kier molecular flexibility index (Phi) is 8.98. The molecule has 0 N–H and O–H groups in total. The summed E-state index contributed by atoms with van der Waals surface area (Å²) in [5, 5.41) is 4.43. The van der Waals surface area contributed by atoms with Crippen LogP contribution in [-0.2, 0) is 0 Å². The molecule has 7 aromatic carbocycles. The van der Waals surface area contributed by atoms with Crippen LogP contribution in [0.2, 0.25) is 0 Å². The minimum atomic E-state index is 0.661. The number of hydrogen-bond donors (Lipinski definition) is 0. The quantitative estimate of drug-likeness (QED) is 0.151. The average Bonchev–Trinajstić information content (AvgIpc) is 3.34. The van der Waals surface area contributed by atoms with Crippen LogP contribution >= 0.6 is 0 Å². The molecule has 11 rings (SSSR count). The summed E-state index contributed by atoms with van der Waals surface area (Å²) in [7, 11) is 0. The number of fused-ring (bicyclic) bond motifs is 4. The van der Waals surface area contributed by atoms with Gasteiger partial charge in [0.15, 0.2) is 5.82 Å². The van der Waals surface area contributed by atoms with Crippen molar-refractivity contribution in [2.24, 2.45) is 0 Å². The third-order valence-corrected chi connectivity index (χ3v) is 11.4. The topological polar surface area (TPSA) is 64.5 Å². The molecule has 0 unspecified atom stereocenters. The molecule has 5 nitrogen and oxygen atoms in total. The van der Waals surface area contributed by atoms with Gasteiger partial charge in [0, 0.05) is 56.5 Å². The molecular formula is C56H37N5. The van der Waals surface area contributed by atoms with Gasteiger partial charge in [0.05, 0.1) is 28.1 Å². The maximum atomic E-state index is 5.33. The van der Waals surface area contributed by atoms with Crippen molar-refractivity contribution in [3.05, 3.63) is 212 Å². The van der Waals surface area contributed by atoms with E-state index in [-0.39, 0.29) is 0 Å². The van der Waals surface area contributed by atoms with Crippen molar-refractivity contribution in [1.29, 1.82) is 0 Å². The normalized spacial score (nSPS) is 11.4. The van der Waals surface area contributed by atoms with Crippen LogP contribution in [0.4, 0.5) is 0 Å². The molecule has 0 aliphatic rings. The van der Waals surface area contributed by atoms with Gasteiger partial charge in [-0.15, -0.1) is 0 Å². The molecule has 0 radical (unpaired) electrons. The Labute approximate surface area is 353 Å². The average molecular weight is 780 g/mol. The summed E-state index contributed by atoms with van der Waals surface area (Å²) in [5.41, 5.74) is 16.1. The molecule has 4 aromatic heterocycles. The lowest BCUT2D eigenvalue weighted by Crippen LogP contribution is -1.96. The molecule has 0 aliphatic carbocycles. The molecular weight excluding hydrogens is 743 g/mol. The smallest absolute Gasteiger partial charge is 0.160 e. The summed E-state index contributed by atoms with van der Waals surface area (Å²) in [6.07, 6.45) is 3.77. The van der Waals surface area contributed by atoms with Crippen LogP contribution in [0.15, 0.2) is 207 Å². The summed E-state index contributed by atoms with van der Waals surface area (Å²) in [4.78, 5) is 25.1. The van der Waals surface area contributed by atoms with Crippen molar-refractivity contribution in [3.8, 4) is 78.5 Å². The fourth-order valence-corrected chi connectivity index (χ4v) is 8.37. The van der Waals surface area contributed by atoms with Gasteiger partial charge in [0.2, 0.25) is 0 Å². The number of aryl methyl sites for hydroxylation is 1. The van der Waals surface area contributed by atoms with E-state index in [1.165, 1.54) is 0 Å². The maximum absolute atomic E-state index is 5.33. The third kappa shape index (κ3) is 6.88. The Hall–Kier alpha value is -8.15. The third-order valence-electron chi connectivity index (χ3n) is 11.4. The van der Waals surface area contributed by atoms with E-state index in [9.17, 15) is 0 Å². The largest absolute Gasteiger partial charge is 0.264 e. The van der Waals surface area contributed by atoms with Crippen LogP contribution < -0.4 is 0 Å².